The van der Waals surface area contributed by atoms with Crippen LogP contribution in [0.4, 0.5) is 5.69 Å². The van der Waals surface area contributed by atoms with Gasteiger partial charge in [-0.3, -0.25) is 9.59 Å². The monoisotopic (exact) mass is 516 g/mol. The van der Waals surface area contributed by atoms with Gasteiger partial charge in [-0.25, -0.2) is 4.98 Å². The first kappa shape index (κ1) is 22.3. The zero-order valence-electron chi connectivity index (χ0n) is 18.9. The Bertz CT molecular complexity index is 1330. The smallest absolute Gasteiger partial charge is 0.242 e. The van der Waals surface area contributed by atoms with Crippen molar-refractivity contribution in [1.82, 2.24) is 14.5 Å². The van der Waals surface area contributed by atoms with Crippen LogP contribution in [0, 0.1) is 0 Å². The molecule has 1 aromatic heterocycles. The highest BCUT2D eigenvalue weighted by Gasteiger charge is 2.35. The summed E-state index contributed by atoms with van der Waals surface area (Å²) in [5.41, 5.74) is 3.71. The summed E-state index contributed by atoms with van der Waals surface area (Å²) in [6.45, 7) is 1.26. The highest BCUT2D eigenvalue weighted by atomic mass is 79.9. The van der Waals surface area contributed by atoms with Crippen LogP contribution in [-0.4, -0.2) is 39.9 Å². The van der Waals surface area contributed by atoms with Crippen molar-refractivity contribution in [2.24, 2.45) is 0 Å². The lowest BCUT2D eigenvalue weighted by atomic mass is 10.1. The molecule has 0 saturated carbocycles. The van der Waals surface area contributed by atoms with Crippen LogP contribution in [-0.2, 0) is 22.7 Å². The number of likely N-dealkylation sites (N-methyl/N-ethyl adjacent to an activating group) is 1. The molecule has 0 radical (unpaired) electrons. The Hall–Kier alpha value is -3.45. The maximum absolute atomic E-state index is 13.2. The Kier molecular flexibility index (Phi) is 6.20. The van der Waals surface area contributed by atoms with E-state index in [1.807, 2.05) is 95.4 Å². The minimum Gasteiger partial charge on any atom is -0.340 e. The molecule has 1 aliphatic heterocycles. The van der Waals surface area contributed by atoms with Gasteiger partial charge in [-0.2, -0.15) is 0 Å². The van der Waals surface area contributed by atoms with Crippen molar-refractivity contribution in [1.29, 1.82) is 0 Å². The first-order valence-electron chi connectivity index (χ1n) is 11.3. The van der Waals surface area contributed by atoms with E-state index in [1.54, 1.807) is 4.90 Å². The van der Waals surface area contributed by atoms with Crippen LogP contribution >= 0.6 is 15.9 Å². The van der Waals surface area contributed by atoms with Gasteiger partial charge in [0.15, 0.2) is 0 Å². The minimum absolute atomic E-state index is 0.00217. The van der Waals surface area contributed by atoms with Crippen molar-refractivity contribution < 1.29 is 9.59 Å². The number of para-hydroxylation sites is 2. The second-order valence-corrected chi connectivity index (χ2v) is 9.58. The molecule has 4 aromatic rings. The number of halogens is 1. The van der Waals surface area contributed by atoms with Gasteiger partial charge in [0, 0.05) is 42.6 Å². The molecular formula is C27H25BrN4O2. The number of benzene rings is 3. The highest BCUT2D eigenvalue weighted by molar-refractivity contribution is 9.10. The van der Waals surface area contributed by atoms with Crippen LogP contribution in [0.2, 0.25) is 0 Å². The van der Waals surface area contributed by atoms with E-state index in [1.165, 1.54) is 0 Å². The van der Waals surface area contributed by atoms with Gasteiger partial charge in [0.2, 0.25) is 11.8 Å². The van der Waals surface area contributed by atoms with Crippen molar-refractivity contribution in [2.75, 3.05) is 18.5 Å². The van der Waals surface area contributed by atoms with Crippen LogP contribution in [0.3, 0.4) is 0 Å². The molecule has 3 aromatic carbocycles. The van der Waals surface area contributed by atoms with Crippen molar-refractivity contribution in [3.05, 3.63) is 94.7 Å². The molecule has 0 aliphatic carbocycles. The molecule has 2 heterocycles. The van der Waals surface area contributed by atoms with Crippen LogP contribution in [0.15, 0.2) is 83.3 Å². The molecular weight excluding hydrogens is 492 g/mol. The second kappa shape index (κ2) is 9.43. The number of imidazole rings is 1. The zero-order chi connectivity index (χ0) is 23.7. The lowest BCUT2D eigenvalue weighted by Gasteiger charge is -2.20. The Labute approximate surface area is 206 Å². The molecule has 0 spiro atoms. The molecule has 6 nitrogen and oxygen atoms in total. The topological polar surface area (TPSA) is 58.4 Å². The van der Waals surface area contributed by atoms with E-state index in [4.69, 9.17) is 4.98 Å². The summed E-state index contributed by atoms with van der Waals surface area (Å²) in [4.78, 5) is 34.5. The van der Waals surface area contributed by atoms with E-state index in [-0.39, 0.29) is 24.3 Å². The first-order valence-corrected chi connectivity index (χ1v) is 12.1. The van der Waals surface area contributed by atoms with E-state index < -0.39 is 0 Å². The Morgan fingerprint density at radius 1 is 1.03 bits per heavy atom. The average Bonchev–Trinajstić information content (AvgIpc) is 3.41. The molecule has 1 unspecified atom stereocenters. The predicted molar refractivity (Wildman–Crippen MR) is 137 cm³/mol. The summed E-state index contributed by atoms with van der Waals surface area (Å²) in [7, 11) is 1.82. The van der Waals surface area contributed by atoms with E-state index in [0.717, 1.165) is 32.6 Å². The number of anilines is 1. The van der Waals surface area contributed by atoms with Crippen molar-refractivity contribution in [3.8, 4) is 0 Å². The molecule has 0 bridgehead atoms. The lowest BCUT2D eigenvalue weighted by molar-refractivity contribution is -0.131. The summed E-state index contributed by atoms with van der Waals surface area (Å²) in [6, 6.07) is 25.5. The Morgan fingerprint density at radius 2 is 1.74 bits per heavy atom. The van der Waals surface area contributed by atoms with E-state index in [9.17, 15) is 9.59 Å². The largest absolute Gasteiger partial charge is 0.340 e. The molecule has 2 amide bonds. The molecule has 1 fully saturated rings. The van der Waals surface area contributed by atoms with Crippen molar-refractivity contribution >= 4 is 44.5 Å². The summed E-state index contributed by atoms with van der Waals surface area (Å²) in [6.07, 6.45) is 0.368. The third-order valence-corrected chi connectivity index (χ3v) is 6.82. The first-order chi connectivity index (χ1) is 16.5. The molecule has 172 valence electrons. The third-order valence-electron chi connectivity index (χ3n) is 6.29. The van der Waals surface area contributed by atoms with E-state index in [2.05, 4.69) is 15.9 Å². The van der Waals surface area contributed by atoms with Crippen molar-refractivity contribution in [3.63, 3.8) is 0 Å². The van der Waals surface area contributed by atoms with Gasteiger partial charge in [-0.15, -0.1) is 0 Å². The maximum Gasteiger partial charge on any atom is 0.242 e. The van der Waals surface area contributed by atoms with Crippen LogP contribution in [0.5, 0.6) is 0 Å². The molecule has 1 atom stereocenters. The van der Waals surface area contributed by atoms with Gasteiger partial charge < -0.3 is 14.4 Å². The number of amides is 2. The van der Waals surface area contributed by atoms with Gasteiger partial charge >= 0.3 is 0 Å². The Balaban J connectivity index is 1.42. The fraction of sp³-hybridized carbons (Fsp3) is 0.222. The van der Waals surface area contributed by atoms with Gasteiger partial charge in [0.1, 0.15) is 12.4 Å². The summed E-state index contributed by atoms with van der Waals surface area (Å²) < 4.78 is 2.96. The average molecular weight is 517 g/mol. The molecule has 34 heavy (non-hydrogen) atoms. The van der Waals surface area contributed by atoms with Crippen LogP contribution in [0.1, 0.15) is 23.7 Å². The number of rotatable bonds is 6. The zero-order valence-corrected chi connectivity index (χ0v) is 20.5. The number of hydrogen-bond acceptors (Lipinski definition) is 3. The van der Waals surface area contributed by atoms with Gasteiger partial charge in [-0.1, -0.05) is 58.4 Å². The lowest BCUT2D eigenvalue weighted by Crippen LogP contribution is -2.30. The van der Waals surface area contributed by atoms with E-state index in [0.29, 0.717) is 19.5 Å². The Morgan fingerprint density at radius 3 is 2.50 bits per heavy atom. The van der Waals surface area contributed by atoms with Crippen molar-refractivity contribution in [2.45, 2.75) is 25.4 Å². The maximum atomic E-state index is 13.2. The van der Waals surface area contributed by atoms with Gasteiger partial charge in [0.05, 0.1) is 11.0 Å². The van der Waals surface area contributed by atoms with E-state index >= 15 is 0 Å². The number of hydrogen-bond donors (Lipinski definition) is 0. The fourth-order valence-corrected chi connectivity index (χ4v) is 4.79. The molecule has 0 N–H and O–H groups in total. The summed E-state index contributed by atoms with van der Waals surface area (Å²) in [5.74, 6) is 0.771. The molecule has 1 aliphatic rings. The third kappa shape index (κ3) is 4.48. The van der Waals surface area contributed by atoms with Gasteiger partial charge in [-0.05, 0) is 42.0 Å². The predicted octanol–water partition coefficient (Wildman–Crippen LogP) is 4.98. The highest BCUT2D eigenvalue weighted by Crippen LogP contribution is 2.33. The van der Waals surface area contributed by atoms with Gasteiger partial charge in [0.25, 0.3) is 0 Å². The molecule has 5 rings (SSSR count). The number of carbonyl (C=O) groups is 2. The standard InChI is InChI=1S/C27H25BrN4O2/c1-30(16-19-7-3-2-4-8-19)26(34)18-32-24-10-6-5-9-23(24)29-27(32)20-15-25(33)31(17-20)22-13-11-21(28)12-14-22/h2-14,20H,15-18H2,1H3. The molecule has 1 saturated heterocycles. The number of aromatic nitrogens is 2. The minimum atomic E-state index is -0.0872. The number of fused-ring (bicyclic) bond motifs is 1. The normalized spacial score (nSPS) is 15.8. The SMILES string of the molecule is CN(Cc1ccccc1)C(=O)Cn1c(C2CC(=O)N(c3ccc(Br)cc3)C2)nc2ccccc21. The summed E-state index contributed by atoms with van der Waals surface area (Å²) in [5, 5.41) is 0. The number of carbonyl (C=O) groups excluding carboxylic acids is 2. The summed E-state index contributed by atoms with van der Waals surface area (Å²) >= 11 is 3.45. The quantitative estimate of drug-likeness (QED) is 0.363. The molecule has 7 heteroatoms. The van der Waals surface area contributed by atoms with Crippen LogP contribution in [0.25, 0.3) is 11.0 Å². The second-order valence-electron chi connectivity index (χ2n) is 8.66. The van der Waals surface area contributed by atoms with Crippen LogP contribution < -0.4 is 4.90 Å². The number of nitrogens with zero attached hydrogens (tertiary/aromatic N) is 4. The fourth-order valence-electron chi connectivity index (χ4n) is 4.52.